The summed E-state index contributed by atoms with van der Waals surface area (Å²) in [6, 6.07) is 0. The Hall–Kier alpha value is -1.48. The number of hydrogen-bond acceptors (Lipinski definition) is 3. The summed E-state index contributed by atoms with van der Waals surface area (Å²) in [5, 5.41) is 8.93. The van der Waals surface area contributed by atoms with Crippen molar-refractivity contribution in [3.05, 3.63) is 47.8 Å². The molecule has 2 rings (SSSR count). The molecule has 0 fully saturated rings. The summed E-state index contributed by atoms with van der Waals surface area (Å²) in [5.41, 5.74) is 1.61. The normalized spacial score (nSPS) is 19.6. The van der Waals surface area contributed by atoms with Crippen LogP contribution in [0, 0.1) is 0 Å². The van der Waals surface area contributed by atoms with Gasteiger partial charge in [0, 0.05) is 11.1 Å². The van der Waals surface area contributed by atoms with E-state index in [4.69, 9.17) is 14.6 Å². The van der Waals surface area contributed by atoms with Gasteiger partial charge in [0.2, 0.25) is 0 Å². The molecule has 0 radical (unpaired) electrons. The number of allylic oxidation sites excluding steroid dienone is 3. The minimum Gasteiger partial charge on any atom is -0.468 e. The average Bonchev–Trinajstić information content (AvgIpc) is 2.17. The Balaban J connectivity index is 2.36. The number of aliphatic hydroxyl groups is 1. The van der Waals surface area contributed by atoms with E-state index >= 15 is 0 Å². The highest BCUT2D eigenvalue weighted by atomic mass is 16.5. The number of fused-ring (bicyclic) bond motifs is 1. The van der Waals surface area contributed by atoms with E-state index in [9.17, 15) is 0 Å². The first-order valence-electron chi connectivity index (χ1n) is 3.61. The molecule has 0 saturated carbocycles. The Morgan fingerprint density at radius 1 is 1.33 bits per heavy atom. The number of hydrogen-bond donors (Lipinski definition) is 1. The highest BCUT2D eigenvalue weighted by Gasteiger charge is 2.16. The maximum Gasteiger partial charge on any atom is 0.169 e. The van der Waals surface area contributed by atoms with Gasteiger partial charge in [-0.3, -0.25) is 0 Å². The minimum absolute atomic E-state index is 0.0413. The highest BCUT2D eigenvalue weighted by molar-refractivity contribution is 5.48. The van der Waals surface area contributed by atoms with Crippen LogP contribution in [0.4, 0.5) is 0 Å². The van der Waals surface area contributed by atoms with E-state index in [2.05, 4.69) is 0 Å². The van der Waals surface area contributed by atoms with Crippen molar-refractivity contribution in [2.75, 3.05) is 6.61 Å². The highest BCUT2D eigenvalue weighted by Crippen LogP contribution is 2.27. The molecule has 2 heterocycles. The largest absolute Gasteiger partial charge is 0.468 e. The van der Waals surface area contributed by atoms with Crippen molar-refractivity contribution in [2.45, 2.75) is 0 Å². The smallest absolute Gasteiger partial charge is 0.169 e. The zero-order valence-corrected chi connectivity index (χ0v) is 6.36. The van der Waals surface area contributed by atoms with E-state index in [1.54, 1.807) is 12.3 Å². The van der Waals surface area contributed by atoms with Crippen LogP contribution in [-0.2, 0) is 9.47 Å². The maximum atomic E-state index is 8.93. The van der Waals surface area contributed by atoms with Gasteiger partial charge in [-0.1, -0.05) is 0 Å². The zero-order chi connectivity index (χ0) is 8.39. The number of rotatable bonds is 1. The Morgan fingerprint density at radius 3 is 3.08 bits per heavy atom. The van der Waals surface area contributed by atoms with Crippen molar-refractivity contribution < 1.29 is 14.6 Å². The van der Waals surface area contributed by atoms with Crippen LogP contribution in [0.5, 0.6) is 0 Å². The molecule has 0 aromatic carbocycles. The third kappa shape index (κ3) is 1.04. The van der Waals surface area contributed by atoms with Crippen LogP contribution in [0.25, 0.3) is 0 Å². The zero-order valence-electron chi connectivity index (χ0n) is 6.36. The van der Waals surface area contributed by atoms with E-state index in [0.29, 0.717) is 5.76 Å². The molecule has 0 unspecified atom stereocenters. The Kier molecular flexibility index (Phi) is 1.72. The maximum absolute atomic E-state index is 8.93. The van der Waals surface area contributed by atoms with E-state index in [1.807, 2.05) is 6.08 Å². The Labute approximate surface area is 69.9 Å². The molecule has 0 atom stereocenters. The van der Waals surface area contributed by atoms with Crippen LogP contribution in [0.2, 0.25) is 0 Å². The van der Waals surface area contributed by atoms with Crippen molar-refractivity contribution in [3.63, 3.8) is 0 Å². The molecule has 3 heteroatoms. The second-order valence-electron chi connectivity index (χ2n) is 2.45. The fourth-order valence-corrected chi connectivity index (χ4v) is 1.11. The van der Waals surface area contributed by atoms with Gasteiger partial charge in [-0.2, -0.15) is 0 Å². The second kappa shape index (κ2) is 2.87. The molecule has 3 nitrogen and oxygen atoms in total. The molecule has 0 aromatic rings. The Morgan fingerprint density at radius 2 is 2.25 bits per heavy atom. The van der Waals surface area contributed by atoms with Gasteiger partial charge in [-0.25, -0.2) is 0 Å². The first-order valence-corrected chi connectivity index (χ1v) is 3.61. The standard InChI is InChI=1S/C9H8O3/c10-4-7-5-11-6-9-8(7)2-1-3-12-9/h1-3,5-6,10H,4H2. The van der Waals surface area contributed by atoms with E-state index in [0.717, 1.165) is 11.1 Å². The number of ether oxygens (including phenoxy) is 2. The third-order valence-electron chi connectivity index (χ3n) is 1.70. The van der Waals surface area contributed by atoms with E-state index in [-0.39, 0.29) is 6.61 Å². The fraction of sp³-hybridized carbons (Fsp3) is 0.111. The molecule has 0 aliphatic carbocycles. The minimum atomic E-state index is -0.0413. The van der Waals surface area contributed by atoms with Crippen LogP contribution >= 0.6 is 0 Å². The molecule has 0 spiro atoms. The van der Waals surface area contributed by atoms with Crippen LogP contribution in [0.1, 0.15) is 0 Å². The summed E-state index contributed by atoms with van der Waals surface area (Å²) in [6.07, 6.45) is 8.24. The lowest BCUT2D eigenvalue weighted by Gasteiger charge is -2.18. The molecule has 1 N–H and O–H groups in total. The molecule has 2 aliphatic rings. The molecule has 0 saturated heterocycles. The summed E-state index contributed by atoms with van der Waals surface area (Å²) in [5.74, 6) is 0.643. The van der Waals surface area contributed by atoms with Gasteiger partial charge in [0.05, 0.1) is 19.1 Å². The van der Waals surface area contributed by atoms with Crippen LogP contribution in [0.3, 0.4) is 0 Å². The van der Waals surface area contributed by atoms with Crippen molar-refractivity contribution in [1.29, 1.82) is 0 Å². The van der Waals surface area contributed by atoms with Crippen molar-refractivity contribution in [1.82, 2.24) is 0 Å². The van der Waals surface area contributed by atoms with Crippen molar-refractivity contribution >= 4 is 0 Å². The van der Waals surface area contributed by atoms with Gasteiger partial charge in [0.1, 0.15) is 6.26 Å². The van der Waals surface area contributed by atoms with Gasteiger partial charge in [-0.15, -0.1) is 0 Å². The summed E-state index contributed by atoms with van der Waals surface area (Å²) >= 11 is 0. The summed E-state index contributed by atoms with van der Waals surface area (Å²) in [6.45, 7) is -0.0413. The van der Waals surface area contributed by atoms with E-state index in [1.165, 1.54) is 12.5 Å². The lowest BCUT2D eigenvalue weighted by molar-refractivity contribution is 0.280. The van der Waals surface area contributed by atoms with Gasteiger partial charge in [0.15, 0.2) is 5.76 Å². The molecule has 0 amide bonds. The summed E-state index contributed by atoms with van der Waals surface area (Å²) < 4.78 is 10.1. The molecule has 0 bridgehead atoms. The van der Waals surface area contributed by atoms with Gasteiger partial charge < -0.3 is 14.6 Å². The predicted octanol–water partition coefficient (Wildman–Crippen LogP) is 1.20. The molecule has 12 heavy (non-hydrogen) atoms. The average molecular weight is 164 g/mol. The van der Waals surface area contributed by atoms with Crippen LogP contribution in [0.15, 0.2) is 47.8 Å². The van der Waals surface area contributed by atoms with Crippen LogP contribution < -0.4 is 0 Å². The van der Waals surface area contributed by atoms with Gasteiger partial charge in [0.25, 0.3) is 0 Å². The van der Waals surface area contributed by atoms with Crippen LogP contribution in [-0.4, -0.2) is 11.7 Å². The molecule has 2 aliphatic heterocycles. The second-order valence-corrected chi connectivity index (χ2v) is 2.45. The molecule has 62 valence electrons. The summed E-state index contributed by atoms with van der Waals surface area (Å²) in [4.78, 5) is 0. The van der Waals surface area contributed by atoms with Gasteiger partial charge >= 0.3 is 0 Å². The first kappa shape index (κ1) is 7.18. The lowest BCUT2D eigenvalue weighted by atomic mass is 10.0. The first-order chi connectivity index (χ1) is 5.92. The third-order valence-corrected chi connectivity index (χ3v) is 1.70. The monoisotopic (exact) mass is 164 g/mol. The Bertz CT molecular complexity index is 308. The SMILES string of the molecule is OCC1=COC=C2OC=CC=C12. The lowest BCUT2D eigenvalue weighted by Crippen LogP contribution is -2.06. The summed E-state index contributed by atoms with van der Waals surface area (Å²) in [7, 11) is 0. The molecular formula is C9H8O3. The topological polar surface area (TPSA) is 38.7 Å². The molecule has 0 aromatic heterocycles. The fourth-order valence-electron chi connectivity index (χ4n) is 1.11. The van der Waals surface area contributed by atoms with E-state index < -0.39 is 0 Å². The predicted molar refractivity (Wildman–Crippen MR) is 42.6 cm³/mol. The van der Waals surface area contributed by atoms with Crippen molar-refractivity contribution in [2.24, 2.45) is 0 Å². The van der Waals surface area contributed by atoms with Gasteiger partial charge in [-0.05, 0) is 12.2 Å². The molecular weight excluding hydrogens is 156 g/mol. The van der Waals surface area contributed by atoms with Crippen molar-refractivity contribution in [3.8, 4) is 0 Å². The quantitative estimate of drug-likeness (QED) is 0.633. The number of aliphatic hydroxyl groups excluding tert-OH is 1.